The maximum Gasteiger partial charge on any atom is 0.387 e. The van der Waals surface area contributed by atoms with Crippen LogP contribution in [0.5, 0.6) is 11.5 Å². The summed E-state index contributed by atoms with van der Waals surface area (Å²) >= 11 is 0. The number of hydrogen-bond donors (Lipinski definition) is 0. The Bertz CT molecular complexity index is 1130. The quantitative estimate of drug-likeness (QED) is 0.555. The molecule has 2 heterocycles. The van der Waals surface area contributed by atoms with Crippen molar-refractivity contribution in [3.8, 4) is 28.7 Å². The SMILES string of the molecule is C=C(C)c1c(OC)cc(-c2cnn3cc(C(C)(C)C#N)ccc23)cc1OC(F)F. The van der Waals surface area contributed by atoms with Gasteiger partial charge in [0.25, 0.3) is 0 Å². The molecule has 0 saturated heterocycles. The predicted octanol–water partition coefficient (Wildman–Crippen LogP) is 5.45. The Kier molecular flexibility index (Phi) is 5.29. The van der Waals surface area contributed by atoms with E-state index in [4.69, 9.17) is 9.47 Å². The van der Waals surface area contributed by atoms with Crippen molar-refractivity contribution >= 4 is 11.1 Å². The van der Waals surface area contributed by atoms with Crippen LogP contribution in [0.4, 0.5) is 8.78 Å². The van der Waals surface area contributed by atoms with Crippen LogP contribution in [0.2, 0.25) is 0 Å². The number of hydrogen-bond acceptors (Lipinski definition) is 4. The standard InChI is InChI=1S/C22H21F2N3O2/c1-13(2)20-18(28-5)8-14(9-19(20)29-21(23)24)16-10-26-27-11-15(6-7-17(16)27)22(3,4)12-25/h6-11,21H,1H2,2-5H3. The van der Waals surface area contributed by atoms with E-state index in [1.165, 1.54) is 13.2 Å². The molecule has 0 aliphatic heterocycles. The number of methoxy groups -OCH3 is 1. The number of ether oxygens (including phenoxy) is 2. The maximum atomic E-state index is 13.0. The lowest BCUT2D eigenvalue weighted by Crippen LogP contribution is -2.14. The Morgan fingerprint density at radius 2 is 1.97 bits per heavy atom. The summed E-state index contributed by atoms with van der Waals surface area (Å²) in [6, 6.07) is 9.25. The first-order valence-corrected chi connectivity index (χ1v) is 8.90. The summed E-state index contributed by atoms with van der Waals surface area (Å²) in [5, 5.41) is 13.7. The van der Waals surface area contributed by atoms with Gasteiger partial charge in [0.15, 0.2) is 0 Å². The predicted molar refractivity (Wildman–Crippen MR) is 107 cm³/mol. The monoisotopic (exact) mass is 397 g/mol. The van der Waals surface area contributed by atoms with Gasteiger partial charge in [0.1, 0.15) is 11.5 Å². The van der Waals surface area contributed by atoms with E-state index in [2.05, 4.69) is 17.7 Å². The van der Waals surface area contributed by atoms with Gasteiger partial charge in [-0.15, -0.1) is 0 Å². The molecule has 0 unspecified atom stereocenters. The summed E-state index contributed by atoms with van der Waals surface area (Å²) in [4.78, 5) is 0. The number of nitrogens with zero attached hydrogens (tertiary/aromatic N) is 3. The first-order valence-electron chi connectivity index (χ1n) is 8.90. The number of nitriles is 1. The van der Waals surface area contributed by atoms with Crippen molar-refractivity contribution in [1.29, 1.82) is 5.26 Å². The van der Waals surface area contributed by atoms with Gasteiger partial charge >= 0.3 is 6.61 Å². The Morgan fingerprint density at radius 3 is 2.55 bits per heavy atom. The summed E-state index contributed by atoms with van der Waals surface area (Å²) in [5.41, 5.74) is 3.19. The van der Waals surface area contributed by atoms with Crippen LogP contribution >= 0.6 is 0 Å². The minimum atomic E-state index is -2.98. The van der Waals surface area contributed by atoms with Gasteiger partial charge in [-0.25, -0.2) is 4.52 Å². The summed E-state index contributed by atoms with van der Waals surface area (Å²) < 4.78 is 37.8. The van der Waals surface area contributed by atoms with E-state index in [1.54, 1.807) is 29.9 Å². The minimum Gasteiger partial charge on any atom is -0.496 e. The molecule has 1 aromatic carbocycles. The van der Waals surface area contributed by atoms with E-state index in [-0.39, 0.29) is 5.75 Å². The lowest BCUT2D eigenvalue weighted by Gasteiger charge is -2.17. The second kappa shape index (κ2) is 7.55. The molecule has 0 saturated carbocycles. The Balaban J connectivity index is 2.19. The molecule has 7 heteroatoms. The van der Waals surface area contributed by atoms with E-state index in [0.717, 1.165) is 16.6 Å². The molecule has 0 fully saturated rings. The largest absolute Gasteiger partial charge is 0.496 e. The van der Waals surface area contributed by atoms with Crippen molar-refractivity contribution in [2.75, 3.05) is 7.11 Å². The third-order valence-electron chi connectivity index (χ3n) is 4.76. The molecular formula is C22H21F2N3O2. The molecule has 0 N–H and O–H groups in total. The molecular weight excluding hydrogens is 376 g/mol. The van der Waals surface area contributed by atoms with Gasteiger partial charge in [-0.05, 0) is 55.7 Å². The Hall–Kier alpha value is -3.40. The molecule has 3 rings (SSSR count). The first-order chi connectivity index (χ1) is 13.7. The van der Waals surface area contributed by atoms with E-state index >= 15 is 0 Å². The van der Waals surface area contributed by atoms with Gasteiger partial charge in [0.05, 0.1) is 35.9 Å². The number of aromatic nitrogens is 2. The van der Waals surface area contributed by atoms with Crippen molar-refractivity contribution in [2.45, 2.75) is 32.8 Å². The third kappa shape index (κ3) is 3.79. The Morgan fingerprint density at radius 1 is 1.28 bits per heavy atom. The molecule has 0 amide bonds. The van der Waals surface area contributed by atoms with Gasteiger partial charge in [0.2, 0.25) is 0 Å². The average Bonchev–Trinajstić information content (AvgIpc) is 3.09. The zero-order chi connectivity index (χ0) is 21.3. The molecule has 5 nitrogen and oxygen atoms in total. The summed E-state index contributed by atoms with van der Waals surface area (Å²) in [6.45, 7) is 6.21. The Labute approximate surface area is 167 Å². The average molecular weight is 397 g/mol. The van der Waals surface area contributed by atoms with Crippen LogP contribution in [-0.4, -0.2) is 23.3 Å². The number of halogens is 2. The van der Waals surface area contributed by atoms with Crippen molar-refractivity contribution in [3.63, 3.8) is 0 Å². The topological polar surface area (TPSA) is 59.5 Å². The van der Waals surface area contributed by atoms with E-state index in [0.29, 0.717) is 22.4 Å². The number of allylic oxidation sites excluding steroid dienone is 1. The molecule has 29 heavy (non-hydrogen) atoms. The molecule has 0 spiro atoms. The highest BCUT2D eigenvalue weighted by atomic mass is 19.3. The molecule has 0 aliphatic carbocycles. The molecule has 0 radical (unpaired) electrons. The van der Waals surface area contributed by atoms with Crippen molar-refractivity contribution in [3.05, 3.63) is 54.4 Å². The second-order valence-electron chi connectivity index (χ2n) is 7.25. The zero-order valence-corrected chi connectivity index (χ0v) is 16.7. The smallest absolute Gasteiger partial charge is 0.387 e. The highest BCUT2D eigenvalue weighted by Crippen LogP contribution is 2.40. The highest BCUT2D eigenvalue weighted by Gasteiger charge is 2.22. The van der Waals surface area contributed by atoms with Gasteiger partial charge < -0.3 is 9.47 Å². The maximum absolute atomic E-state index is 13.0. The van der Waals surface area contributed by atoms with Crippen LogP contribution in [0, 0.1) is 11.3 Å². The molecule has 2 aromatic heterocycles. The van der Waals surface area contributed by atoms with Crippen LogP contribution in [0.1, 0.15) is 31.9 Å². The lowest BCUT2D eigenvalue weighted by molar-refractivity contribution is -0.0500. The van der Waals surface area contributed by atoms with Crippen molar-refractivity contribution in [2.24, 2.45) is 0 Å². The van der Waals surface area contributed by atoms with E-state index in [9.17, 15) is 14.0 Å². The minimum absolute atomic E-state index is 0.0107. The fourth-order valence-electron chi connectivity index (χ4n) is 3.16. The molecule has 3 aromatic rings. The summed E-state index contributed by atoms with van der Waals surface area (Å²) in [7, 11) is 1.46. The van der Waals surface area contributed by atoms with Gasteiger partial charge in [0, 0.05) is 11.8 Å². The highest BCUT2D eigenvalue weighted by molar-refractivity contribution is 5.85. The summed E-state index contributed by atoms with van der Waals surface area (Å²) in [5.74, 6) is 0.371. The summed E-state index contributed by atoms with van der Waals surface area (Å²) in [6.07, 6.45) is 3.43. The second-order valence-corrected chi connectivity index (χ2v) is 7.25. The van der Waals surface area contributed by atoms with Crippen LogP contribution in [0.3, 0.4) is 0 Å². The van der Waals surface area contributed by atoms with Gasteiger partial charge in [-0.2, -0.15) is 19.1 Å². The number of rotatable bonds is 6. The molecule has 0 atom stereocenters. The third-order valence-corrected chi connectivity index (χ3v) is 4.76. The number of fused-ring (bicyclic) bond motifs is 1. The van der Waals surface area contributed by atoms with Crippen molar-refractivity contribution < 1.29 is 18.3 Å². The molecule has 0 bridgehead atoms. The zero-order valence-electron chi connectivity index (χ0n) is 16.7. The number of alkyl halides is 2. The van der Waals surface area contributed by atoms with Crippen LogP contribution in [-0.2, 0) is 5.41 Å². The van der Waals surface area contributed by atoms with Crippen LogP contribution in [0.25, 0.3) is 22.2 Å². The molecule has 150 valence electrons. The van der Waals surface area contributed by atoms with Crippen LogP contribution in [0.15, 0.2) is 43.2 Å². The normalized spacial score (nSPS) is 11.5. The lowest BCUT2D eigenvalue weighted by atomic mass is 9.87. The number of benzene rings is 1. The first kappa shape index (κ1) is 20.3. The van der Waals surface area contributed by atoms with E-state index in [1.807, 2.05) is 26.0 Å². The fraction of sp³-hybridized carbons (Fsp3) is 0.273. The fourth-order valence-corrected chi connectivity index (χ4v) is 3.16. The van der Waals surface area contributed by atoms with Crippen molar-refractivity contribution in [1.82, 2.24) is 9.61 Å². The van der Waals surface area contributed by atoms with Crippen LogP contribution < -0.4 is 9.47 Å². The van der Waals surface area contributed by atoms with E-state index < -0.39 is 12.0 Å². The molecule has 0 aliphatic rings. The number of pyridine rings is 1. The van der Waals surface area contributed by atoms with Gasteiger partial charge in [-0.1, -0.05) is 12.6 Å². The van der Waals surface area contributed by atoms with Gasteiger partial charge in [-0.3, -0.25) is 0 Å².